The van der Waals surface area contributed by atoms with Gasteiger partial charge in [-0.2, -0.15) is 4.98 Å². The lowest BCUT2D eigenvalue weighted by Crippen LogP contribution is -2.12. The zero-order valence-corrected chi connectivity index (χ0v) is 9.46. The van der Waals surface area contributed by atoms with Gasteiger partial charge in [-0.1, -0.05) is 0 Å². The molecular weight excluding hydrogens is 262 g/mol. The first-order chi connectivity index (χ1) is 7.15. The number of halogens is 1. The Morgan fingerprint density at radius 2 is 2.47 bits per heavy atom. The molecule has 0 aliphatic carbocycles. The van der Waals surface area contributed by atoms with Crippen LogP contribution >= 0.6 is 15.9 Å². The van der Waals surface area contributed by atoms with Crippen molar-refractivity contribution in [2.24, 2.45) is 0 Å². The summed E-state index contributed by atoms with van der Waals surface area (Å²) in [7, 11) is 0. The van der Waals surface area contributed by atoms with Crippen molar-refractivity contribution in [2.75, 3.05) is 5.32 Å². The second kappa shape index (κ2) is 3.90. The van der Waals surface area contributed by atoms with Crippen LogP contribution in [0.1, 0.15) is 16.2 Å². The van der Waals surface area contributed by atoms with E-state index in [2.05, 4.69) is 31.2 Å². The molecule has 2 rings (SSSR count). The fourth-order valence-corrected chi connectivity index (χ4v) is 1.42. The lowest BCUT2D eigenvalue weighted by atomic mass is 10.4. The van der Waals surface area contributed by atoms with Gasteiger partial charge in [0.05, 0.1) is 5.69 Å². The first-order valence-corrected chi connectivity index (χ1v) is 5.02. The van der Waals surface area contributed by atoms with E-state index in [1.807, 2.05) is 0 Å². The van der Waals surface area contributed by atoms with E-state index in [1.165, 1.54) is 6.26 Å². The molecule has 5 nitrogen and oxygen atoms in total. The van der Waals surface area contributed by atoms with Gasteiger partial charge >= 0.3 is 6.01 Å². The van der Waals surface area contributed by atoms with Gasteiger partial charge in [0.15, 0.2) is 0 Å². The van der Waals surface area contributed by atoms with Crippen LogP contribution in [0.15, 0.2) is 27.4 Å². The van der Waals surface area contributed by atoms with Gasteiger partial charge in [0.2, 0.25) is 0 Å². The van der Waals surface area contributed by atoms with E-state index in [9.17, 15) is 4.79 Å². The third kappa shape index (κ3) is 2.27. The number of anilines is 1. The van der Waals surface area contributed by atoms with Gasteiger partial charge in [-0.3, -0.25) is 10.1 Å². The number of carbonyl (C=O) groups is 1. The molecule has 6 heteroatoms. The number of hydrogen-bond donors (Lipinski definition) is 2. The molecule has 2 heterocycles. The van der Waals surface area contributed by atoms with Crippen molar-refractivity contribution in [3.8, 4) is 0 Å². The minimum Gasteiger partial charge on any atom is -0.432 e. The zero-order chi connectivity index (χ0) is 10.8. The first kappa shape index (κ1) is 9.97. The molecule has 1 amide bonds. The number of H-pyrrole nitrogens is 1. The largest absolute Gasteiger partial charge is 0.432 e. The molecule has 0 fully saturated rings. The molecule has 0 aliphatic rings. The summed E-state index contributed by atoms with van der Waals surface area (Å²) in [6.07, 6.45) is 3.15. The Hall–Kier alpha value is -1.56. The number of rotatable bonds is 2. The van der Waals surface area contributed by atoms with Gasteiger partial charge in [0.1, 0.15) is 12.0 Å². The smallest absolute Gasteiger partial charge is 0.301 e. The topological polar surface area (TPSA) is 70.9 Å². The van der Waals surface area contributed by atoms with Crippen molar-refractivity contribution < 1.29 is 9.21 Å². The molecule has 0 saturated heterocycles. The molecule has 0 atom stereocenters. The van der Waals surface area contributed by atoms with Crippen molar-refractivity contribution in [1.82, 2.24) is 9.97 Å². The van der Waals surface area contributed by atoms with Crippen LogP contribution < -0.4 is 5.32 Å². The van der Waals surface area contributed by atoms with Crippen LogP contribution in [-0.4, -0.2) is 15.9 Å². The molecule has 0 saturated carbocycles. The van der Waals surface area contributed by atoms with E-state index in [1.54, 1.807) is 19.2 Å². The van der Waals surface area contributed by atoms with E-state index >= 15 is 0 Å². The number of carbonyl (C=O) groups excluding carboxylic acids is 1. The zero-order valence-electron chi connectivity index (χ0n) is 7.87. The number of amides is 1. The van der Waals surface area contributed by atoms with E-state index in [-0.39, 0.29) is 11.9 Å². The van der Waals surface area contributed by atoms with Crippen LogP contribution in [-0.2, 0) is 0 Å². The minimum absolute atomic E-state index is 0.197. The number of aryl methyl sites for hydroxylation is 1. The number of aromatic nitrogens is 2. The minimum atomic E-state index is -0.289. The molecular formula is C9H8BrN3O2. The summed E-state index contributed by atoms with van der Waals surface area (Å²) in [6, 6.07) is 1.87. The van der Waals surface area contributed by atoms with E-state index < -0.39 is 0 Å². The Labute approximate surface area is 94.0 Å². The molecule has 78 valence electrons. The van der Waals surface area contributed by atoms with E-state index in [0.717, 1.165) is 10.2 Å². The predicted octanol–water partition coefficient (Wildman–Crippen LogP) is 2.33. The number of aromatic amines is 1. The van der Waals surface area contributed by atoms with Crippen molar-refractivity contribution in [2.45, 2.75) is 6.92 Å². The van der Waals surface area contributed by atoms with Crippen LogP contribution in [0.25, 0.3) is 0 Å². The standard InChI is InChI=1S/C9H8BrN3O2/c1-5-4-15-9(12-5)13-8(14)7-2-6(10)3-11-7/h2-4,11H,1H3,(H,12,13,14). The molecule has 2 aromatic heterocycles. The number of nitrogens with zero attached hydrogens (tertiary/aromatic N) is 1. The van der Waals surface area contributed by atoms with Crippen LogP contribution in [0.3, 0.4) is 0 Å². The lowest BCUT2D eigenvalue weighted by molar-refractivity contribution is 0.102. The Morgan fingerprint density at radius 3 is 3.00 bits per heavy atom. The van der Waals surface area contributed by atoms with E-state index in [0.29, 0.717) is 5.69 Å². The molecule has 0 bridgehead atoms. The van der Waals surface area contributed by atoms with Gasteiger partial charge < -0.3 is 9.40 Å². The maximum atomic E-state index is 11.6. The van der Waals surface area contributed by atoms with E-state index in [4.69, 9.17) is 4.42 Å². The van der Waals surface area contributed by atoms with Gasteiger partial charge in [-0.15, -0.1) is 0 Å². The van der Waals surface area contributed by atoms with Crippen molar-refractivity contribution >= 4 is 27.9 Å². The Kier molecular flexibility index (Phi) is 2.59. The van der Waals surface area contributed by atoms with Crippen molar-refractivity contribution in [1.29, 1.82) is 0 Å². The summed E-state index contributed by atoms with van der Waals surface area (Å²) >= 11 is 3.24. The summed E-state index contributed by atoms with van der Waals surface area (Å²) in [4.78, 5) is 18.3. The normalized spacial score (nSPS) is 10.3. The third-order valence-corrected chi connectivity index (χ3v) is 2.19. The molecule has 0 aromatic carbocycles. The lowest BCUT2D eigenvalue weighted by Gasteiger charge is -1.96. The molecule has 15 heavy (non-hydrogen) atoms. The number of oxazole rings is 1. The third-order valence-electron chi connectivity index (χ3n) is 1.73. The molecule has 2 N–H and O–H groups in total. The van der Waals surface area contributed by atoms with Gasteiger partial charge in [0, 0.05) is 10.7 Å². The van der Waals surface area contributed by atoms with Gasteiger partial charge in [0.25, 0.3) is 5.91 Å². The quantitative estimate of drug-likeness (QED) is 0.879. The number of hydrogen-bond acceptors (Lipinski definition) is 3. The highest BCUT2D eigenvalue weighted by Crippen LogP contribution is 2.12. The summed E-state index contributed by atoms with van der Waals surface area (Å²) in [5, 5.41) is 2.52. The summed E-state index contributed by atoms with van der Waals surface area (Å²) in [5.41, 5.74) is 1.16. The fraction of sp³-hybridized carbons (Fsp3) is 0.111. The SMILES string of the molecule is Cc1coc(NC(=O)c2cc(Br)c[nH]2)n1. The van der Waals surface area contributed by atoms with Crippen LogP contribution in [0, 0.1) is 6.92 Å². The first-order valence-electron chi connectivity index (χ1n) is 4.22. The Bertz CT molecular complexity index is 489. The summed E-state index contributed by atoms with van der Waals surface area (Å²) < 4.78 is 5.81. The summed E-state index contributed by atoms with van der Waals surface area (Å²) in [5.74, 6) is -0.289. The van der Waals surface area contributed by atoms with Gasteiger partial charge in [-0.05, 0) is 28.9 Å². The summed E-state index contributed by atoms with van der Waals surface area (Å²) in [6.45, 7) is 1.78. The maximum Gasteiger partial charge on any atom is 0.301 e. The molecule has 0 radical (unpaired) electrons. The number of nitrogens with one attached hydrogen (secondary N) is 2. The Balaban J connectivity index is 2.10. The molecule has 2 aromatic rings. The van der Waals surface area contributed by atoms with Crippen molar-refractivity contribution in [3.63, 3.8) is 0 Å². The van der Waals surface area contributed by atoms with Gasteiger partial charge in [-0.25, -0.2) is 0 Å². The highest BCUT2D eigenvalue weighted by molar-refractivity contribution is 9.10. The van der Waals surface area contributed by atoms with Crippen LogP contribution in [0.2, 0.25) is 0 Å². The monoisotopic (exact) mass is 269 g/mol. The average molecular weight is 270 g/mol. The Morgan fingerprint density at radius 1 is 1.67 bits per heavy atom. The second-order valence-electron chi connectivity index (χ2n) is 2.98. The average Bonchev–Trinajstić information content (AvgIpc) is 2.75. The maximum absolute atomic E-state index is 11.6. The van der Waals surface area contributed by atoms with Crippen LogP contribution in [0.4, 0.5) is 6.01 Å². The fourth-order valence-electron chi connectivity index (χ4n) is 1.07. The molecule has 0 unspecified atom stereocenters. The molecule has 0 aliphatic heterocycles. The highest BCUT2D eigenvalue weighted by atomic mass is 79.9. The molecule has 0 spiro atoms. The van der Waals surface area contributed by atoms with Crippen molar-refractivity contribution in [3.05, 3.63) is 34.4 Å². The second-order valence-corrected chi connectivity index (χ2v) is 3.90. The predicted molar refractivity (Wildman–Crippen MR) is 57.7 cm³/mol. The van der Waals surface area contributed by atoms with Crippen LogP contribution in [0.5, 0.6) is 0 Å². The highest BCUT2D eigenvalue weighted by Gasteiger charge is 2.10.